The molecule has 2 aromatic rings. The lowest BCUT2D eigenvalue weighted by Gasteiger charge is -2.29. The number of fused-ring (bicyclic) bond motifs is 1. The molecule has 124 valence electrons. The molecule has 2 aromatic carbocycles. The summed E-state index contributed by atoms with van der Waals surface area (Å²) in [6.07, 6.45) is 0.592. The Balaban J connectivity index is 1.78. The van der Waals surface area contributed by atoms with E-state index in [-0.39, 0.29) is 12.3 Å². The Hall–Kier alpha value is -2.62. The highest BCUT2D eigenvalue weighted by molar-refractivity contribution is 5.95. The second-order valence-electron chi connectivity index (χ2n) is 6.73. The van der Waals surface area contributed by atoms with Crippen molar-refractivity contribution >= 4 is 17.6 Å². The first kappa shape index (κ1) is 16.2. The van der Waals surface area contributed by atoms with Gasteiger partial charge in [0.15, 0.2) is 0 Å². The van der Waals surface area contributed by atoms with E-state index in [4.69, 9.17) is 0 Å². The fourth-order valence-electron chi connectivity index (χ4n) is 3.49. The van der Waals surface area contributed by atoms with E-state index in [9.17, 15) is 14.7 Å². The maximum absolute atomic E-state index is 12.5. The lowest BCUT2D eigenvalue weighted by atomic mass is 9.81. The summed E-state index contributed by atoms with van der Waals surface area (Å²) in [7, 11) is 0. The molecule has 1 aliphatic carbocycles. The van der Waals surface area contributed by atoms with Crippen molar-refractivity contribution in [3.05, 3.63) is 64.7 Å². The zero-order valence-electron chi connectivity index (χ0n) is 13.9. The van der Waals surface area contributed by atoms with Crippen LogP contribution in [0.2, 0.25) is 0 Å². The fraction of sp³-hybridized carbons (Fsp3) is 0.300. The van der Waals surface area contributed by atoms with Crippen LogP contribution >= 0.6 is 0 Å². The van der Waals surface area contributed by atoms with Crippen LogP contribution in [0.25, 0.3) is 0 Å². The molecule has 1 aliphatic rings. The Morgan fingerprint density at radius 1 is 1.08 bits per heavy atom. The van der Waals surface area contributed by atoms with Crippen molar-refractivity contribution in [3.63, 3.8) is 0 Å². The van der Waals surface area contributed by atoms with Crippen LogP contribution in [0.3, 0.4) is 0 Å². The number of amides is 1. The molecular weight excluding hydrogens is 302 g/mol. The van der Waals surface area contributed by atoms with Crippen molar-refractivity contribution in [2.75, 3.05) is 5.32 Å². The van der Waals surface area contributed by atoms with E-state index >= 15 is 0 Å². The van der Waals surface area contributed by atoms with Gasteiger partial charge in [-0.15, -0.1) is 0 Å². The molecule has 0 unspecified atom stereocenters. The maximum Gasteiger partial charge on any atom is 0.225 e. The molecular formula is C20H20NO3-. The van der Waals surface area contributed by atoms with E-state index in [1.165, 1.54) is 0 Å². The summed E-state index contributed by atoms with van der Waals surface area (Å²) < 4.78 is 0. The Morgan fingerprint density at radius 3 is 2.25 bits per heavy atom. The van der Waals surface area contributed by atoms with Gasteiger partial charge >= 0.3 is 0 Å². The van der Waals surface area contributed by atoms with E-state index in [2.05, 4.69) is 5.32 Å². The molecule has 4 nitrogen and oxygen atoms in total. The number of aryl methyl sites for hydroxylation is 2. The van der Waals surface area contributed by atoms with Crippen molar-refractivity contribution in [1.29, 1.82) is 0 Å². The first-order valence-electron chi connectivity index (χ1n) is 8.05. The minimum Gasteiger partial charge on any atom is -0.550 e. The number of aliphatic carboxylic acids is 1. The molecule has 0 heterocycles. The lowest BCUT2D eigenvalue weighted by Crippen LogP contribution is -2.45. The first-order valence-corrected chi connectivity index (χ1v) is 8.05. The number of anilines is 1. The number of nitrogens with one attached hydrogen (secondary N) is 1. The van der Waals surface area contributed by atoms with E-state index in [0.717, 1.165) is 27.9 Å². The summed E-state index contributed by atoms with van der Waals surface area (Å²) in [5.74, 6) is -1.45. The van der Waals surface area contributed by atoms with E-state index < -0.39 is 11.4 Å². The summed E-state index contributed by atoms with van der Waals surface area (Å²) in [6, 6.07) is 13.4. The summed E-state index contributed by atoms with van der Waals surface area (Å²) >= 11 is 0. The zero-order chi connectivity index (χ0) is 17.3. The molecule has 0 fully saturated rings. The Morgan fingerprint density at radius 2 is 1.71 bits per heavy atom. The van der Waals surface area contributed by atoms with Gasteiger partial charge in [0, 0.05) is 23.5 Å². The van der Waals surface area contributed by atoms with Crippen molar-refractivity contribution in [1.82, 2.24) is 0 Å². The van der Waals surface area contributed by atoms with E-state index in [1.807, 2.05) is 56.3 Å². The number of rotatable bonds is 4. The Bertz CT molecular complexity index is 785. The van der Waals surface area contributed by atoms with E-state index in [1.54, 1.807) is 0 Å². The highest BCUT2D eigenvalue weighted by Gasteiger charge is 2.40. The molecule has 4 heteroatoms. The largest absolute Gasteiger partial charge is 0.550 e. The predicted molar refractivity (Wildman–Crippen MR) is 90.5 cm³/mol. The van der Waals surface area contributed by atoms with Gasteiger partial charge in [-0.3, -0.25) is 4.79 Å². The number of carbonyl (C=O) groups is 2. The summed E-state index contributed by atoms with van der Waals surface area (Å²) in [5, 5.41) is 14.6. The summed E-state index contributed by atoms with van der Waals surface area (Å²) in [6.45, 7) is 3.90. The number of carbonyl (C=O) groups excluding carboxylic acids is 2. The molecule has 0 aliphatic heterocycles. The highest BCUT2D eigenvalue weighted by Crippen LogP contribution is 2.39. The summed E-state index contributed by atoms with van der Waals surface area (Å²) in [5.41, 5.74) is 3.60. The van der Waals surface area contributed by atoms with Gasteiger partial charge in [-0.2, -0.15) is 0 Å². The quantitative estimate of drug-likeness (QED) is 0.938. The van der Waals surface area contributed by atoms with Gasteiger partial charge in [0.1, 0.15) is 0 Å². The predicted octanol–water partition coefficient (Wildman–Crippen LogP) is 2.17. The lowest BCUT2D eigenvalue weighted by molar-refractivity contribution is -0.319. The average Bonchev–Trinajstić information content (AvgIpc) is 2.89. The molecule has 0 radical (unpaired) electrons. The second kappa shape index (κ2) is 6.11. The number of benzene rings is 2. The molecule has 0 saturated heterocycles. The minimum absolute atomic E-state index is 0.0860. The third-order valence-corrected chi connectivity index (χ3v) is 4.76. The smallest absolute Gasteiger partial charge is 0.225 e. The third-order valence-electron chi connectivity index (χ3n) is 4.76. The maximum atomic E-state index is 12.5. The van der Waals surface area contributed by atoms with Crippen LogP contribution < -0.4 is 10.4 Å². The molecule has 24 heavy (non-hydrogen) atoms. The zero-order valence-corrected chi connectivity index (χ0v) is 13.9. The minimum atomic E-state index is -1.16. The molecule has 0 spiro atoms. The van der Waals surface area contributed by atoms with Crippen LogP contribution in [0, 0.1) is 19.3 Å². The van der Waals surface area contributed by atoms with Gasteiger partial charge in [0.2, 0.25) is 5.91 Å². The summed E-state index contributed by atoms with van der Waals surface area (Å²) in [4.78, 5) is 24.3. The van der Waals surface area contributed by atoms with Crippen LogP contribution in [-0.2, 0) is 22.4 Å². The standard InChI is InChI=1S/C20H21NO3/c1-13-7-8-17(14(2)9-13)21-18(22)12-20(19(23)24)10-15-5-3-4-6-16(15)11-20/h3-9H,10-12H2,1-2H3,(H,21,22)(H,23,24)/p-1. The SMILES string of the molecule is Cc1ccc(NC(=O)CC2(C(=O)[O-])Cc3ccccc3C2)c(C)c1. The topological polar surface area (TPSA) is 69.2 Å². The molecule has 0 aromatic heterocycles. The third kappa shape index (κ3) is 3.04. The molecule has 3 rings (SSSR count). The molecule has 1 amide bonds. The normalized spacial score (nSPS) is 14.9. The van der Waals surface area contributed by atoms with Crippen molar-refractivity contribution in [2.45, 2.75) is 33.1 Å². The van der Waals surface area contributed by atoms with Crippen LogP contribution in [0.15, 0.2) is 42.5 Å². The monoisotopic (exact) mass is 322 g/mol. The van der Waals surface area contributed by atoms with Gasteiger partial charge in [0.25, 0.3) is 0 Å². The van der Waals surface area contributed by atoms with Crippen molar-refractivity contribution in [2.24, 2.45) is 5.41 Å². The van der Waals surface area contributed by atoms with Gasteiger partial charge < -0.3 is 15.2 Å². The van der Waals surface area contributed by atoms with Crippen LogP contribution in [0.5, 0.6) is 0 Å². The fourth-order valence-corrected chi connectivity index (χ4v) is 3.49. The van der Waals surface area contributed by atoms with Gasteiger partial charge in [-0.1, -0.05) is 42.0 Å². The molecule has 0 saturated carbocycles. The number of hydrogen-bond donors (Lipinski definition) is 1. The van der Waals surface area contributed by atoms with Gasteiger partial charge in [-0.05, 0) is 49.4 Å². The van der Waals surface area contributed by atoms with Gasteiger partial charge in [0.05, 0.1) is 0 Å². The van der Waals surface area contributed by atoms with Crippen LogP contribution in [-0.4, -0.2) is 11.9 Å². The molecule has 1 N–H and O–H groups in total. The van der Waals surface area contributed by atoms with Crippen molar-refractivity contribution in [3.8, 4) is 0 Å². The number of carboxylic acid groups (broad SMARTS) is 1. The Kier molecular flexibility index (Phi) is 4.14. The number of hydrogen-bond acceptors (Lipinski definition) is 3. The highest BCUT2D eigenvalue weighted by atomic mass is 16.4. The first-order chi connectivity index (χ1) is 11.4. The van der Waals surface area contributed by atoms with Gasteiger partial charge in [-0.25, -0.2) is 0 Å². The molecule has 0 atom stereocenters. The van der Waals surface area contributed by atoms with Crippen molar-refractivity contribution < 1.29 is 14.7 Å². The van der Waals surface area contributed by atoms with Crippen LogP contribution in [0.4, 0.5) is 5.69 Å². The Labute approximate surface area is 141 Å². The average molecular weight is 322 g/mol. The van der Waals surface area contributed by atoms with E-state index in [0.29, 0.717) is 12.8 Å². The number of carboxylic acids is 1. The second-order valence-corrected chi connectivity index (χ2v) is 6.73. The van der Waals surface area contributed by atoms with Crippen LogP contribution in [0.1, 0.15) is 28.7 Å². The molecule has 0 bridgehead atoms.